The number of thiophene rings is 1. The highest BCUT2D eigenvalue weighted by atomic mass is 32.1. The molecule has 3 aromatic rings. The highest BCUT2D eigenvalue weighted by molar-refractivity contribution is 7.20. The Kier molecular flexibility index (Phi) is 6.01. The number of aryl methyl sites for hydroxylation is 2. The molecule has 1 aromatic carbocycles. The van der Waals surface area contributed by atoms with E-state index in [1.807, 2.05) is 0 Å². The summed E-state index contributed by atoms with van der Waals surface area (Å²) in [5, 5.41) is 3.22. The number of hydrogen-bond acceptors (Lipinski definition) is 4. The van der Waals surface area contributed by atoms with Crippen LogP contribution >= 0.6 is 11.3 Å². The van der Waals surface area contributed by atoms with E-state index in [0.717, 1.165) is 19.3 Å². The first-order valence-corrected chi connectivity index (χ1v) is 9.84. The topological polar surface area (TPSA) is 64.0 Å². The smallest absolute Gasteiger partial charge is 0.262 e. The zero-order valence-electron chi connectivity index (χ0n) is 15.4. The van der Waals surface area contributed by atoms with E-state index in [2.05, 4.69) is 17.2 Å². The minimum atomic E-state index is -0.359. The van der Waals surface area contributed by atoms with Gasteiger partial charge in [-0.15, -0.1) is 11.3 Å². The molecule has 0 saturated carbocycles. The van der Waals surface area contributed by atoms with Crippen LogP contribution in [0.3, 0.4) is 0 Å². The Morgan fingerprint density at radius 3 is 2.81 bits per heavy atom. The van der Waals surface area contributed by atoms with E-state index < -0.39 is 0 Å². The maximum atomic E-state index is 13.7. The number of carbonyl (C=O) groups is 1. The van der Waals surface area contributed by atoms with E-state index in [-0.39, 0.29) is 23.8 Å². The molecule has 0 aliphatic carbocycles. The Hall–Kier alpha value is -2.54. The molecule has 0 radical (unpaired) electrons. The number of amides is 1. The Bertz CT molecular complexity index is 1030. The summed E-state index contributed by atoms with van der Waals surface area (Å²) in [6.45, 7) is 4.59. The summed E-state index contributed by atoms with van der Waals surface area (Å²) in [6.07, 6.45) is 4.60. The highest BCUT2D eigenvalue weighted by Crippen LogP contribution is 2.26. The number of fused-ring (bicyclic) bond motifs is 1. The van der Waals surface area contributed by atoms with Gasteiger partial charge in [0.2, 0.25) is 0 Å². The molecule has 1 N–H and O–H groups in total. The normalized spacial score (nSPS) is 11.1. The molecule has 0 bridgehead atoms. The van der Waals surface area contributed by atoms with Gasteiger partial charge in [0.15, 0.2) is 0 Å². The highest BCUT2D eigenvalue weighted by Gasteiger charge is 2.19. The van der Waals surface area contributed by atoms with Crippen molar-refractivity contribution in [3.05, 3.63) is 62.8 Å². The molecule has 0 atom stereocenters. The summed E-state index contributed by atoms with van der Waals surface area (Å²) in [7, 11) is 0. The van der Waals surface area contributed by atoms with Crippen molar-refractivity contribution in [2.45, 2.75) is 46.2 Å². The number of rotatable bonds is 7. The first-order chi connectivity index (χ1) is 13.0. The van der Waals surface area contributed by atoms with Gasteiger partial charge in [-0.3, -0.25) is 14.2 Å². The maximum absolute atomic E-state index is 13.7. The average molecular weight is 387 g/mol. The van der Waals surface area contributed by atoms with Gasteiger partial charge >= 0.3 is 0 Å². The van der Waals surface area contributed by atoms with E-state index >= 15 is 0 Å². The van der Waals surface area contributed by atoms with Crippen molar-refractivity contribution >= 4 is 27.5 Å². The molecule has 0 spiro atoms. The number of aromatic nitrogens is 2. The monoisotopic (exact) mass is 387 g/mol. The molecule has 2 aromatic heterocycles. The lowest BCUT2D eigenvalue weighted by atomic mass is 10.2. The third-order valence-corrected chi connectivity index (χ3v) is 5.72. The third-order valence-electron chi connectivity index (χ3n) is 4.52. The van der Waals surface area contributed by atoms with Gasteiger partial charge in [-0.05, 0) is 25.0 Å². The molecule has 5 nitrogen and oxygen atoms in total. The molecule has 1 amide bonds. The van der Waals surface area contributed by atoms with E-state index in [0.29, 0.717) is 32.8 Å². The molecule has 0 fully saturated rings. The summed E-state index contributed by atoms with van der Waals surface area (Å²) in [6, 6.07) is 6.31. The van der Waals surface area contributed by atoms with Gasteiger partial charge in [0.05, 0.1) is 16.6 Å². The van der Waals surface area contributed by atoms with Crippen LogP contribution < -0.4 is 10.9 Å². The molecule has 0 saturated heterocycles. The minimum absolute atomic E-state index is 0.0911. The largest absolute Gasteiger partial charge is 0.347 e. The van der Waals surface area contributed by atoms with Crippen LogP contribution in [0.4, 0.5) is 4.39 Å². The number of unbranched alkanes of at least 4 members (excludes halogenated alkanes) is 2. The van der Waals surface area contributed by atoms with Gasteiger partial charge in [0, 0.05) is 18.7 Å². The van der Waals surface area contributed by atoms with Gasteiger partial charge in [-0.2, -0.15) is 0 Å². The fourth-order valence-corrected chi connectivity index (χ4v) is 4.02. The van der Waals surface area contributed by atoms with Crippen molar-refractivity contribution in [2.24, 2.45) is 0 Å². The molecule has 2 heterocycles. The second-order valence-electron chi connectivity index (χ2n) is 6.46. The molecule has 142 valence electrons. The fourth-order valence-electron chi connectivity index (χ4n) is 2.96. The summed E-state index contributed by atoms with van der Waals surface area (Å²) in [5.74, 6) is -0.682. The number of hydrogen-bond donors (Lipinski definition) is 1. The zero-order chi connectivity index (χ0) is 19.4. The molecular weight excluding hydrogens is 365 g/mol. The summed E-state index contributed by atoms with van der Waals surface area (Å²) >= 11 is 1.19. The van der Waals surface area contributed by atoms with Gasteiger partial charge < -0.3 is 5.32 Å². The van der Waals surface area contributed by atoms with E-state index in [9.17, 15) is 14.0 Å². The first kappa shape index (κ1) is 19.2. The first-order valence-electron chi connectivity index (χ1n) is 9.03. The van der Waals surface area contributed by atoms with Crippen LogP contribution in [0.2, 0.25) is 0 Å². The van der Waals surface area contributed by atoms with Gasteiger partial charge in [0.25, 0.3) is 11.5 Å². The predicted octanol–water partition coefficient (Wildman–Crippen LogP) is 4.03. The Labute approximate surface area is 160 Å². The standard InChI is InChI=1S/C20H22FN3O2S/c1-3-4-7-10-24-12-23-19-16(20(24)26)13(2)17(27-19)18(25)22-11-14-8-5-6-9-15(14)21/h5-6,8-9,12H,3-4,7,10-11H2,1-2H3,(H,22,25). The van der Waals surface area contributed by atoms with Crippen molar-refractivity contribution in [1.29, 1.82) is 0 Å². The van der Waals surface area contributed by atoms with Crippen molar-refractivity contribution in [1.82, 2.24) is 14.9 Å². The van der Waals surface area contributed by atoms with Crippen molar-refractivity contribution < 1.29 is 9.18 Å². The lowest BCUT2D eigenvalue weighted by Gasteiger charge is -2.06. The van der Waals surface area contributed by atoms with Gasteiger partial charge in [-0.1, -0.05) is 38.0 Å². The Morgan fingerprint density at radius 1 is 1.30 bits per heavy atom. The quantitative estimate of drug-likeness (QED) is 0.623. The number of halogens is 1. The van der Waals surface area contributed by atoms with E-state index in [1.54, 1.807) is 36.0 Å². The Morgan fingerprint density at radius 2 is 2.07 bits per heavy atom. The van der Waals surface area contributed by atoms with Crippen LogP contribution in [0.5, 0.6) is 0 Å². The average Bonchev–Trinajstić information content (AvgIpc) is 3.00. The summed E-state index contributed by atoms with van der Waals surface area (Å²) < 4.78 is 15.3. The Balaban J connectivity index is 1.83. The van der Waals surface area contributed by atoms with Crippen LogP contribution in [-0.2, 0) is 13.1 Å². The summed E-state index contributed by atoms with van der Waals surface area (Å²) in [5.41, 5.74) is 0.933. The van der Waals surface area contributed by atoms with E-state index in [4.69, 9.17) is 0 Å². The van der Waals surface area contributed by atoms with Crippen molar-refractivity contribution in [2.75, 3.05) is 0 Å². The van der Waals surface area contributed by atoms with Crippen LogP contribution in [0, 0.1) is 12.7 Å². The van der Waals surface area contributed by atoms with Crippen molar-refractivity contribution in [3.8, 4) is 0 Å². The third kappa shape index (κ3) is 4.08. The number of nitrogens with one attached hydrogen (secondary N) is 1. The molecule has 0 aliphatic heterocycles. The van der Waals surface area contributed by atoms with Crippen LogP contribution in [-0.4, -0.2) is 15.5 Å². The summed E-state index contributed by atoms with van der Waals surface area (Å²) in [4.78, 5) is 30.7. The van der Waals surface area contributed by atoms with E-state index in [1.165, 1.54) is 17.4 Å². The second kappa shape index (κ2) is 8.43. The zero-order valence-corrected chi connectivity index (χ0v) is 16.2. The number of benzene rings is 1. The molecular formula is C20H22FN3O2S. The predicted molar refractivity (Wildman–Crippen MR) is 106 cm³/mol. The molecule has 27 heavy (non-hydrogen) atoms. The molecule has 0 unspecified atom stereocenters. The molecule has 0 aliphatic rings. The minimum Gasteiger partial charge on any atom is -0.347 e. The number of carbonyl (C=O) groups excluding carboxylic acids is 1. The lowest BCUT2D eigenvalue weighted by molar-refractivity contribution is 0.0954. The van der Waals surface area contributed by atoms with Crippen LogP contribution in [0.15, 0.2) is 35.4 Å². The van der Waals surface area contributed by atoms with Gasteiger partial charge in [0.1, 0.15) is 10.6 Å². The second-order valence-corrected chi connectivity index (χ2v) is 7.46. The SMILES string of the molecule is CCCCCn1cnc2sc(C(=O)NCc3ccccc3F)c(C)c2c1=O. The van der Waals surface area contributed by atoms with Crippen LogP contribution in [0.25, 0.3) is 10.2 Å². The van der Waals surface area contributed by atoms with Crippen LogP contribution in [0.1, 0.15) is 47.0 Å². The molecule has 7 heteroatoms. The number of nitrogens with zero attached hydrogens (tertiary/aromatic N) is 2. The fraction of sp³-hybridized carbons (Fsp3) is 0.350. The lowest BCUT2D eigenvalue weighted by Crippen LogP contribution is -2.23. The van der Waals surface area contributed by atoms with Gasteiger partial charge in [-0.25, -0.2) is 9.37 Å². The van der Waals surface area contributed by atoms with Crippen molar-refractivity contribution in [3.63, 3.8) is 0 Å². The maximum Gasteiger partial charge on any atom is 0.262 e. The molecule has 3 rings (SSSR count).